The average molecular weight is 583 g/mol. The standard InChI is InChI=1S/C30H33F3N6O3/c1-18-16-37(25(17-40)22-6-4-5-20(13-22)14-34)11-12-38(18)29(41)24-15-35-39-27(30(31,32)33)19(2)26(36-28(24)39)21-7-9-23(42-3)10-8-21/h4-10,13,15,18,25,40H,11-12,14,16-17,34H2,1-3H3/t18-,25-/m1/s1. The van der Waals surface area contributed by atoms with Gasteiger partial charge in [-0.2, -0.15) is 18.3 Å². The lowest BCUT2D eigenvalue weighted by atomic mass is 10.0. The number of nitrogens with zero attached hydrogens (tertiary/aromatic N) is 5. The SMILES string of the molecule is COc1ccc(-c2nc3c(C(=O)N4CCN([C@H](CO)c5cccc(CN)c5)C[C@H]4C)cnn3c(C(F)(F)F)c2C)cc1. The van der Waals surface area contributed by atoms with Gasteiger partial charge in [-0.05, 0) is 49.2 Å². The van der Waals surface area contributed by atoms with E-state index in [-0.39, 0.29) is 41.2 Å². The van der Waals surface area contributed by atoms with Gasteiger partial charge in [0.1, 0.15) is 11.3 Å². The molecule has 1 amide bonds. The number of aliphatic hydroxyl groups excluding tert-OH is 1. The highest BCUT2D eigenvalue weighted by molar-refractivity contribution is 6.00. The van der Waals surface area contributed by atoms with Crippen molar-refractivity contribution in [3.05, 3.63) is 82.7 Å². The van der Waals surface area contributed by atoms with Crippen LogP contribution >= 0.6 is 0 Å². The number of nitrogens with two attached hydrogens (primary N) is 1. The van der Waals surface area contributed by atoms with Crippen molar-refractivity contribution >= 4 is 11.6 Å². The number of hydrogen-bond donors (Lipinski definition) is 2. The van der Waals surface area contributed by atoms with E-state index in [2.05, 4.69) is 15.0 Å². The van der Waals surface area contributed by atoms with E-state index in [1.807, 2.05) is 31.2 Å². The Hall–Kier alpha value is -4.00. The van der Waals surface area contributed by atoms with E-state index in [1.54, 1.807) is 29.2 Å². The molecule has 42 heavy (non-hydrogen) atoms. The van der Waals surface area contributed by atoms with Gasteiger partial charge in [0.05, 0.1) is 31.6 Å². The average Bonchev–Trinajstić information content (AvgIpc) is 3.39. The van der Waals surface area contributed by atoms with Gasteiger partial charge in [0, 0.05) is 43.3 Å². The fourth-order valence-electron chi connectivity index (χ4n) is 5.67. The van der Waals surface area contributed by atoms with Gasteiger partial charge in [0.2, 0.25) is 0 Å². The maximum atomic E-state index is 14.3. The molecular weight excluding hydrogens is 549 g/mol. The third-order valence-corrected chi connectivity index (χ3v) is 7.85. The number of carbonyl (C=O) groups is 1. The van der Waals surface area contributed by atoms with Crippen molar-refractivity contribution in [1.29, 1.82) is 0 Å². The molecular formula is C30H33F3N6O3. The first kappa shape index (κ1) is 29.5. The van der Waals surface area contributed by atoms with Crippen molar-refractivity contribution in [2.45, 2.75) is 38.7 Å². The van der Waals surface area contributed by atoms with Gasteiger partial charge in [-0.25, -0.2) is 9.50 Å². The number of rotatable bonds is 7. The Balaban J connectivity index is 1.47. The summed E-state index contributed by atoms with van der Waals surface area (Å²) < 4.78 is 48.9. The topological polar surface area (TPSA) is 109 Å². The maximum absolute atomic E-state index is 14.3. The number of alkyl halides is 3. The molecule has 3 N–H and O–H groups in total. The molecule has 12 heteroatoms. The Morgan fingerprint density at radius 1 is 1.19 bits per heavy atom. The Labute approximate surface area is 241 Å². The highest BCUT2D eigenvalue weighted by Crippen LogP contribution is 2.37. The van der Waals surface area contributed by atoms with Gasteiger partial charge in [-0.3, -0.25) is 9.69 Å². The second-order valence-electron chi connectivity index (χ2n) is 10.4. The molecule has 2 aromatic carbocycles. The van der Waals surface area contributed by atoms with E-state index < -0.39 is 17.8 Å². The molecule has 1 aliphatic heterocycles. The van der Waals surface area contributed by atoms with Crippen LogP contribution < -0.4 is 10.5 Å². The number of ether oxygens (including phenoxy) is 1. The summed E-state index contributed by atoms with van der Waals surface area (Å²) in [7, 11) is 1.50. The van der Waals surface area contributed by atoms with E-state index in [9.17, 15) is 23.1 Å². The van der Waals surface area contributed by atoms with Crippen molar-refractivity contribution in [3.63, 3.8) is 0 Å². The van der Waals surface area contributed by atoms with E-state index in [4.69, 9.17) is 10.5 Å². The van der Waals surface area contributed by atoms with Crippen molar-refractivity contribution in [1.82, 2.24) is 24.4 Å². The predicted molar refractivity (Wildman–Crippen MR) is 151 cm³/mol. The number of carbonyl (C=O) groups excluding carboxylic acids is 1. The first-order valence-corrected chi connectivity index (χ1v) is 13.6. The minimum atomic E-state index is -4.74. The molecule has 0 saturated carbocycles. The van der Waals surface area contributed by atoms with Crippen LogP contribution in [0, 0.1) is 6.92 Å². The Bertz CT molecular complexity index is 1590. The molecule has 0 spiro atoms. The Kier molecular flexibility index (Phi) is 8.22. The maximum Gasteiger partial charge on any atom is 0.433 e. The minimum Gasteiger partial charge on any atom is -0.497 e. The normalized spacial score (nSPS) is 17.0. The number of aliphatic hydroxyl groups is 1. The van der Waals surface area contributed by atoms with E-state index in [1.165, 1.54) is 14.0 Å². The smallest absolute Gasteiger partial charge is 0.433 e. The molecule has 0 radical (unpaired) electrons. The number of aromatic nitrogens is 3. The van der Waals surface area contributed by atoms with Gasteiger partial charge < -0.3 is 20.5 Å². The molecule has 1 fully saturated rings. The highest BCUT2D eigenvalue weighted by Gasteiger charge is 2.39. The molecule has 2 aromatic heterocycles. The quantitative estimate of drug-likeness (QED) is 0.338. The van der Waals surface area contributed by atoms with Crippen LogP contribution in [0.3, 0.4) is 0 Å². The predicted octanol–water partition coefficient (Wildman–Crippen LogP) is 4.07. The number of fused-ring (bicyclic) bond motifs is 1. The fraction of sp³-hybridized carbons (Fsp3) is 0.367. The number of halogens is 3. The second kappa shape index (κ2) is 11.7. The molecule has 2 atom stereocenters. The number of methoxy groups -OCH3 is 1. The molecule has 3 heterocycles. The first-order chi connectivity index (χ1) is 20.1. The lowest BCUT2D eigenvalue weighted by Crippen LogP contribution is -2.55. The van der Waals surface area contributed by atoms with E-state index >= 15 is 0 Å². The van der Waals surface area contributed by atoms with Crippen LogP contribution in [0.5, 0.6) is 5.75 Å². The van der Waals surface area contributed by atoms with Crippen molar-refractivity contribution in [3.8, 4) is 17.0 Å². The highest BCUT2D eigenvalue weighted by atomic mass is 19.4. The third-order valence-electron chi connectivity index (χ3n) is 7.85. The Morgan fingerprint density at radius 3 is 2.55 bits per heavy atom. The zero-order valence-electron chi connectivity index (χ0n) is 23.6. The summed E-state index contributed by atoms with van der Waals surface area (Å²) in [5, 5.41) is 14.2. The van der Waals surface area contributed by atoms with Crippen LogP contribution in [-0.4, -0.2) is 74.8 Å². The van der Waals surface area contributed by atoms with E-state index in [0.717, 1.165) is 17.3 Å². The first-order valence-electron chi connectivity index (χ1n) is 13.6. The van der Waals surface area contributed by atoms with Crippen molar-refractivity contribution in [2.75, 3.05) is 33.4 Å². The van der Waals surface area contributed by atoms with Gasteiger partial charge in [-0.15, -0.1) is 0 Å². The zero-order chi connectivity index (χ0) is 30.2. The van der Waals surface area contributed by atoms with Crippen molar-refractivity contribution in [2.24, 2.45) is 5.73 Å². The molecule has 222 valence electrons. The summed E-state index contributed by atoms with van der Waals surface area (Å²) in [4.78, 5) is 22.1. The fourth-order valence-corrected chi connectivity index (χ4v) is 5.67. The second-order valence-corrected chi connectivity index (χ2v) is 10.4. The zero-order valence-corrected chi connectivity index (χ0v) is 23.6. The number of amides is 1. The summed E-state index contributed by atoms with van der Waals surface area (Å²) in [6.07, 6.45) is -3.58. The minimum absolute atomic E-state index is 0.00934. The summed E-state index contributed by atoms with van der Waals surface area (Å²) in [6, 6.07) is 13.7. The van der Waals surface area contributed by atoms with Crippen LogP contribution in [0.25, 0.3) is 16.9 Å². The molecule has 0 aliphatic carbocycles. The van der Waals surface area contributed by atoms with Crippen molar-refractivity contribution < 1.29 is 27.8 Å². The summed E-state index contributed by atoms with van der Waals surface area (Å²) in [5.74, 6) is 0.102. The number of hydrogen-bond acceptors (Lipinski definition) is 7. The molecule has 5 rings (SSSR count). The molecule has 0 bridgehead atoms. The third kappa shape index (κ3) is 5.44. The van der Waals surface area contributed by atoms with Gasteiger partial charge in [0.15, 0.2) is 11.3 Å². The monoisotopic (exact) mass is 582 g/mol. The summed E-state index contributed by atoms with van der Waals surface area (Å²) in [5.41, 5.74) is 6.99. The molecule has 1 saturated heterocycles. The number of benzene rings is 2. The molecule has 9 nitrogen and oxygen atoms in total. The van der Waals surface area contributed by atoms with Gasteiger partial charge >= 0.3 is 6.18 Å². The lowest BCUT2D eigenvalue weighted by Gasteiger charge is -2.43. The molecule has 4 aromatic rings. The summed E-state index contributed by atoms with van der Waals surface area (Å²) >= 11 is 0. The largest absolute Gasteiger partial charge is 0.497 e. The van der Waals surface area contributed by atoms with Crippen LogP contribution in [0.4, 0.5) is 13.2 Å². The van der Waals surface area contributed by atoms with Crippen LogP contribution in [0.1, 0.15) is 45.7 Å². The van der Waals surface area contributed by atoms with Crippen LogP contribution in [0.2, 0.25) is 0 Å². The van der Waals surface area contributed by atoms with Gasteiger partial charge in [0.25, 0.3) is 5.91 Å². The summed E-state index contributed by atoms with van der Waals surface area (Å²) in [6.45, 7) is 4.73. The lowest BCUT2D eigenvalue weighted by molar-refractivity contribution is -0.143. The Morgan fingerprint density at radius 2 is 1.93 bits per heavy atom. The number of piperazine rings is 1. The van der Waals surface area contributed by atoms with Crippen LogP contribution in [-0.2, 0) is 12.7 Å². The van der Waals surface area contributed by atoms with Gasteiger partial charge in [-0.1, -0.05) is 24.3 Å². The molecule has 1 aliphatic rings. The van der Waals surface area contributed by atoms with Crippen LogP contribution in [0.15, 0.2) is 54.7 Å². The van der Waals surface area contributed by atoms with E-state index in [0.29, 0.717) is 42.0 Å². The molecule has 0 unspecified atom stereocenters.